The summed E-state index contributed by atoms with van der Waals surface area (Å²) in [6.45, 7) is 1.94. The molecule has 4 rings (SSSR count). The second-order valence-corrected chi connectivity index (χ2v) is 9.24. The number of thiazole rings is 1. The van der Waals surface area contributed by atoms with Crippen molar-refractivity contribution < 1.29 is 9.21 Å². The van der Waals surface area contributed by atoms with E-state index in [0.717, 1.165) is 21.2 Å². The molecule has 10 heteroatoms. The second kappa shape index (κ2) is 9.88. The van der Waals surface area contributed by atoms with Crippen molar-refractivity contribution in [2.45, 2.75) is 22.9 Å². The van der Waals surface area contributed by atoms with Gasteiger partial charge in [-0.1, -0.05) is 42.1 Å². The van der Waals surface area contributed by atoms with Crippen molar-refractivity contribution in [3.05, 3.63) is 65.3 Å². The zero-order valence-electron chi connectivity index (χ0n) is 15.9. The smallest absolute Gasteiger partial charge is 0.277 e. The van der Waals surface area contributed by atoms with Crippen LogP contribution in [0.5, 0.6) is 0 Å². The molecule has 30 heavy (non-hydrogen) atoms. The van der Waals surface area contributed by atoms with E-state index in [1.165, 1.54) is 28.7 Å². The number of carbonyl (C=O) groups is 1. The van der Waals surface area contributed by atoms with Gasteiger partial charge >= 0.3 is 0 Å². The lowest BCUT2D eigenvalue weighted by atomic mass is 10.2. The first kappa shape index (κ1) is 20.6. The van der Waals surface area contributed by atoms with Crippen LogP contribution >= 0.6 is 34.9 Å². The molecule has 0 atom stereocenters. The number of anilines is 1. The fourth-order valence-electron chi connectivity index (χ4n) is 2.47. The Labute approximate surface area is 185 Å². The summed E-state index contributed by atoms with van der Waals surface area (Å²) in [4.78, 5) is 21.7. The topological polar surface area (TPSA) is 93.8 Å². The van der Waals surface area contributed by atoms with Crippen LogP contribution in [0.3, 0.4) is 0 Å². The quantitative estimate of drug-likeness (QED) is 0.374. The van der Waals surface area contributed by atoms with Crippen molar-refractivity contribution in [2.75, 3.05) is 11.1 Å². The van der Waals surface area contributed by atoms with E-state index in [1.807, 2.05) is 37.3 Å². The van der Waals surface area contributed by atoms with Crippen LogP contribution in [0, 0.1) is 6.92 Å². The minimum absolute atomic E-state index is 0.156. The molecular formula is C20H17N5O2S3. The summed E-state index contributed by atoms with van der Waals surface area (Å²) in [7, 11) is 0. The summed E-state index contributed by atoms with van der Waals surface area (Å²) >= 11 is 4.22. The molecule has 0 saturated carbocycles. The van der Waals surface area contributed by atoms with Gasteiger partial charge in [-0.25, -0.2) is 9.97 Å². The van der Waals surface area contributed by atoms with Gasteiger partial charge < -0.3 is 9.73 Å². The van der Waals surface area contributed by atoms with Gasteiger partial charge in [-0.2, -0.15) is 0 Å². The van der Waals surface area contributed by atoms with Gasteiger partial charge in [-0.15, -0.1) is 33.3 Å². The lowest BCUT2D eigenvalue weighted by Gasteiger charge is -2.05. The number of aromatic nitrogens is 4. The van der Waals surface area contributed by atoms with Gasteiger partial charge in [-0.3, -0.25) is 4.79 Å². The number of nitrogens with one attached hydrogen (secondary N) is 1. The molecule has 1 amide bonds. The summed E-state index contributed by atoms with van der Waals surface area (Å²) in [5, 5.41) is 12.7. The molecule has 7 nitrogen and oxygen atoms in total. The lowest BCUT2D eigenvalue weighted by Crippen LogP contribution is -2.13. The largest absolute Gasteiger partial charge is 0.411 e. The van der Waals surface area contributed by atoms with Gasteiger partial charge in [0.25, 0.3) is 11.1 Å². The highest BCUT2D eigenvalue weighted by molar-refractivity contribution is 7.99. The van der Waals surface area contributed by atoms with Crippen LogP contribution < -0.4 is 5.32 Å². The van der Waals surface area contributed by atoms with E-state index in [1.54, 1.807) is 24.2 Å². The number of aryl methyl sites for hydroxylation is 1. The highest BCUT2D eigenvalue weighted by atomic mass is 32.2. The van der Waals surface area contributed by atoms with Gasteiger partial charge in [0.1, 0.15) is 5.03 Å². The van der Waals surface area contributed by atoms with Crippen molar-refractivity contribution in [1.29, 1.82) is 0 Å². The predicted octanol–water partition coefficient (Wildman–Crippen LogP) is 4.92. The molecule has 0 radical (unpaired) electrons. The minimum Gasteiger partial charge on any atom is -0.411 e. The van der Waals surface area contributed by atoms with Gasteiger partial charge in [0.15, 0.2) is 5.13 Å². The lowest BCUT2D eigenvalue weighted by molar-refractivity contribution is -0.113. The third kappa shape index (κ3) is 5.47. The zero-order valence-corrected chi connectivity index (χ0v) is 18.4. The van der Waals surface area contributed by atoms with Gasteiger partial charge in [0.2, 0.25) is 5.91 Å². The Balaban J connectivity index is 1.38. The van der Waals surface area contributed by atoms with Crippen LogP contribution in [0.2, 0.25) is 0 Å². The molecule has 0 saturated heterocycles. The number of benzene rings is 1. The van der Waals surface area contributed by atoms with Crippen LogP contribution in [0.15, 0.2) is 69.5 Å². The molecular weight excluding hydrogens is 438 g/mol. The molecule has 1 N–H and O–H groups in total. The average molecular weight is 456 g/mol. The molecule has 0 spiro atoms. The Hall–Kier alpha value is -2.69. The third-order valence-electron chi connectivity index (χ3n) is 3.82. The van der Waals surface area contributed by atoms with E-state index in [-0.39, 0.29) is 11.7 Å². The summed E-state index contributed by atoms with van der Waals surface area (Å²) in [5.74, 6) is 1.16. The average Bonchev–Trinajstić information content (AvgIpc) is 3.40. The molecule has 0 bridgehead atoms. The Morgan fingerprint density at radius 2 is 1.97 bits per heavy atom. The summed E-state index contributed by atoms with van der Waals surface area (Å²) in [6, 6.07) is 13.9. The van der Waals surface area contributed by atoms with Gasteiger partial charge in [0.05, 0.1) is 11.3 Å². The summed E-state index contributed by atoms with van der Waals surface area (Å²) in [6.07, 6.45) is 3.46. The van der Waals surface area contributed by atoms with E-state index >= 15 is 0 Å². The maximum Gasteiger partial charge on any atom is 0.277 e. The van der Waals surface area contributed by atoms with Gasteiger partial charge in [-0.05, 0) is 24.6 Å². The van der Waals surface area contributed by atoms with Crippen molar-refractivity contribution in [1.82, 2.24) is 20.2 Å². The number of hydrogen-bond donors (Lipinski definition) is 1. The maximum absolute atomic E-state index is 12.1. The van der Waals surface area contributed by atoms with Gasteiger partial charge in [0, 0.05) is 23.0 Å². The first-order valence-electron chi connectivity index (χ1n) is 8.98. The first-order valence-corrected chi connectivity index (χ1v) is 11.8. The molecule has 0 unspecified atom stereocenters. The SMILES string of the molecule is Cc1cnc(NC(=O)CSc2nnc(-c3cccnc3SCc3ccccc3)o2)s1. The van der Waals surface area contributed by atoms with E-state index in [9.17, 15) is 4.79 Å². The zero-order chi connectivity index (χ0) is 20.8. The number of pyridine rings is 1. The maximum atomic E-state index is 12.1. The van der Waals surface area contributed by atoms with Crippen molar-refractivity contribution in [3.63, 3.8) is 0 Å². The molecule has 0 aliphatic carbocycles. The predicted molar refractivity (Wildman–Crippen MR) is 120 cm³/mol. The van der Waals surface area contributed by atoms with Crippen molar-refractivity contribution >= 4 is 45.9 Å². The molecule has 0 aliphatic rings. The molecule has 3 heterocycles. The van der Waals surface area contributed by atoms with Crippen LogP contribution in [-0.4, -0.2) is 31.8 Å². The third-order valence-corrected chi connectivity index (χ3v) is 6.54. The Kier molecular flexibility index (Phi) is 6.77. The fraction of sp³-hybridized carbons (Fsp3) is 0.150. The molecule has 152 valence electrons. The monoisotopic (exact) mass is 455 g/mol. The number of nitrogens with zero attached hydrogens (tertiary/aromatic N) is 4. The van der Waals surface area contributed by atoms with E-state index < -0.39 is 0 Å². The van der Waals surface area contributed by atoms with Crippen molar-refractivity contribution in [2.24, 2.45) is 0 Å². The van der Waals surface area contributed by atoms with Crippen LogP contribution in [-0.2, 0) is 10.5 Å². The first-order chi connectivity index (χ1) is 14.7. The number of amides is 1. The van der Waals surface area contributed by atoms with Crippen LogP contribution in [0.1, 0.15) is 10.4 Å². The normalized spacial score (nSPS) is 10.8. The molecule has 3 aromatic heterocycles. The number of carbonyl (C=O) groups excluding carboxylic acids is 1. The molecule has 0 aliphatic heterocycles. The van der Waals surface area contributed by atoms with E-state index in [4.69, 9.17) is 4.42 Å². The Morgan fingerprint density at radius 1 is 1.10 bits per heavy atom. The number of rotatable bonds is 8. The fourth-order valence-corrected chi connectivity index (χ4v) is 4.65. The highest BCUT2D eigenvalue weighted by Crippen LogP contribution is 2.32. The summed E-state index contributed by atoms with van der Waals surface area (Å²) < 4.78 is 5.76. The van der Waals surface area contributed by atoms with Crippen LogP contribution in [0.4, 0.5) is 5.13 Å². The van der Waals surface area contributed by atoms with Crippen LogP contribution in [0.25, 0.3) is 11.5 Å². The van der Waals surface area contributed by atoms with E-state index in [2.05, 4.69) is 37.6 Å². The standard InChI is InChI=1S/C20H17N5O2S3/c1-13-10-22-19(30-13)23-16(26)12-29-20-25-24-17(27-20)15-8-5-9-21-18(15)28-11-14-6-3-2-4-7-14/h2-10H,11-12H2,1H3,(H,22,23,26). The Morgan fingerprint density at radius 3 is 2.77 bits per heavy atom. The minimum atomic E-state index is -0.172. The molecule has 0 fully saturated rings. The Bertz CT molecular complexity index is 1130. The van der Waals surface area contributed by atoms with E-state index in [0.29, 0.717) is 16.2 Å². The van der Waals surface area contributed by atoms with Crippen molar-refractivity contribution in [3.8, 4) is 11.5 Å². The molecule has 1 aromatic carbocycles. The number of thioether (sulfide) groups is 2. The summed E-state index contributed by atoms with van der Waals surface area (Å²) in [5.41, 5.74) is 1.99. The molecule has 4 aromatic rings. The highest BCUT2D eigenvalue weighted by Gasteiger charge is 2.16. The number of hydrogen-bond acceptors (Lipinski definition) is 9. The second-order valence-electron chi connectivity index (χ2n) is 6.12.